The summed E-state index contributed by atoms with van der Waals surface area (Å²) < 4.78 is 2.79. The van der Waals surface area contributed by atoms with Gasteiger partial charge < -0.3 is 5.11 Å². The molecule has 4 nitrogen and oxygen atoms in total. The van der Waals surface area contributed by atoms with Crippen molar-refractivity contribution in [3.05, 3.63) is 22.7 Å². The molecule has 0 fully saturated rings. The number of aromatic nitrogens is 3. The molecule has 1 aromatic carbocycles. The molecule has 0 saturated carbocycles. The lowest BCUT2D eigenvalue weighted by Gasteiger charge is -2.00. The second kappa shape index (κ2) is 4.06. The maximum absolute atomic E-state index is 8.73. The summed E-state index contributed by atoms with van der Waals surface area (Å²) in [7, 11) is 0. The number of benzene rings is 1. The summed E-state index contributed by atoms with van der Waals surface area (Å²) in [4.78, 5) is 0. The van der Waals surface area contributed by atoms with Crippen LogP contribution in [0.2, 0.25) is 0 Å². The minimum atomic E-state index is 0.172. The summed E-state index contributed by atoms with van der Waals surface area (Å²) >= 11 is 3.46. The zero-order valence-corrected chi connectivity index (χ0v) is 9.11. The first-order valence-electron chi connectivity index (χ1n) is 4.41. The van der Waals surface area contributed by atoms with E-state index in [1.165, 1.54) is 0 Å². The molecule has 2 aromatic rings. The second-order valence-corrected chi connectivity index (χ2v) is 3.85. The van der Waals surface area contributed by atoms with Gasteiger partial charge in [0.25, 0.3) is 0 Å². The van der Waals surface area contributed by atoms with E-state index in [-0.39, 0.29) is 6.61 Å². The molecular weight excluding hydrogens is 246 g/mol. The fourth-order valence-corrected chi connectivity index (χ4v) is 1.92. The molecule has 0 spiro atoms. The number of aliphatic hydroxyl groups excluding tert-OH is 1. The Labute approximate surface area is 89.7 Å². The van der Waals surface area contributed by atoms with E-state index in [2.05, 4.69) is 26.2 Å². The highest BCUT2D eigenvalue weighted by molar-refractivity contribution is 9.10. The van der Waals surface area contributed by atoms with Crippen LogP contribution in [0.5, 0.6) is 0 Å². The number of hydrogen-bond donors (Lipinski definition) is 1. The van der Waals surface area contributed by atoms with Crippen LogP contribution in [-0.4, -0.2) is 26.7 Å². The van der Waals surface area contributed by atoms with E-state index in [1.54, 1.807) is 4.68 Å². The fraction of sp³-hybridized carbons (Fsp3) is 0.333. The number of nitrogens with zero attached hydrogens (tertiary/aromatic N) is 3. The third kappa shape index (κ3) is 1.65. The van der Waals surface area contributed by atoms with Crippen LogP contribution in [0, 0.1) is 0 Å². The molecule has 0 saturated heterocycles. The van der Waals surface area contributed by atoms with Crippen LogP contribution < -0.4 is 0 Å². The van der Waals surface area contributed by atoms with Gasteiger partial charge in [-0.2, -0.15) is 0 Å². The van der Waals surface area contributed by atoms with Crippen LogP contribution >= 0.6 is 15.9 Å². The number of hydrogen-bond acceptors (Lipinski definition) is 3. The van der Waals surface area contributed by atoms with E-state index in [0.29, 0.717) is 13.0 Å². The monoisotopic (exact) mass is 255 g/mol. The maximum Gasteiger partial charge on any atom is 0.114 e. The van der Waals surface area contributed by atoms with E-state index in [4.69, 9.17) is 5.11 Å². The van der Waals surface area contributed by atoms with Gasteiger partial charge in [-0.25, -0.2) is 4.68 Å². The zero-order chi connectivity index (χ0) is 9.97. The van der Waals surface area contributed by atoms with E-state index in [0.717, 1.165) is 15.5 Å². The van der Waals surface area contributed by atoms with Crippen LogP contribution in [0.25, 0.3) is 11.0 Å². The molecule has 0 amide bonds. The molecule has 0 aliphatic rings. The van der Waals surface area contributed by atoms with Gasteiger partial charge in [0.2, 0.25) is 0 Å². The molecule has 1 heterocycles. The smallest absolute Gasteiger partial charge is 0.114 e. The van der Waals surface area contributed by atoms with Crippen LogP contribution in [0.1, 0.15) is 6.42 Å². The van der Waals surface area contributed by atoms with Crippen molar-refractivity contribution in [3.63, 3.8) is 0 Å². The van der Waals surface area contributed by atoms with E-state index in [9.17, 15) is 0 Å². The average Bonchev–Trinajstić information content (AvgIpc) is 2.59. The van der Waals surface area contributed by atoms with Gasteiger partial charge in [0, 0.05) is 17.6 Å². The number of aliphatic hydroxyl groups is 1. The Bertz CT molecular complexity index is 441. The lowest BCUT2D eigenvalue weighted by molar-refractivity contribution is 0.277. The van der Waals surface area contributed by atoms with Crippen molar-refractivity contribution in [2.75, 3.05) is 6.61 Å². The largest absolute Gasteiger partial charge is 0.396 e. The number of para-hydroxylation sites is 1. The highest BCUT2D eigenvalue weighted by Gasteiger charge is 2.06. The number of aryl methyl sites for hydroxylation is 1. The fourth-order valence-electron chi connectivity index (χ4n) is 1.36. The lowest BCUT2D eigenvalue weighted by atomic mass is 10.3. The quantitative estimate of drug-likeness (QED) is 0.906. The van der Waals surface area contributed by atoms with Crippen molar-refractivity contribution < 1.29 is 5.11 Å². The number of fused-ring (bicyclic) bond motifs is 1. The Morgan fingerprint density at radius 3 is 3.07 bits per heavy atom. The highest BCUT2D eigenvalue weighted by Crippen LogP contribution is 2.21. The number of rotatable bonds is 3. The normalized spacial score (nSPS) is 11.0. The topological polar surface area (TPSA) is 50.9 Å². The first-order chi connectivity index (χ1) is 6.83. The Morgan fingerprint density at radius 1 is 1.43 bits per heavy atom. The average molecular weight is 256 g/mol. The predicted octanol–water partition coefficient (Wildman–Crippen LogP) is 1.58. The molecule has 0 aliphatic carbocycles. The molecule has 0 atom stereocenters. The van der Waals surface area contributed by atoms with Gasteiger partial charge in [0.15, 0.2) is 0 Å². The van der Waals surface area contributed by atoms with Crippen LogP contribution in [0.15, 0.2) is 22.7 Å². The first-order valence-corrected chi connectivity index (χ1v) is 5.21. The molecule has 0 bridgehead atoms. The molecule has 0 radical (unpaired) electrons. The Morgan fingerprint density at radius 2 is 2.29 bits per heavy atom. The summed E-state index contributed by atoms with van der Waals surface area (Å²) in [6.45, 7) is 0.863. The molecule has 5 heteroatoms. The Balaban J connectivity index is 2.45. The molecule has 2 rings (SSSR count). The summed E-state index contributed by atoms with van der Waals surface area (Å²) in [5.41, 5.74) is 1.86. The summed E-state index contributed by atoms with van der Waals surface area (Å²) in [5, 5.41) is 16.8. The highest BCUT2D eigenvalue weighted by atomic mass is 79.9. The first kappa shape index (κ1) is 9.61. The van der Waals surface area contributed by atoms with Gasteiger partial charge in [-0.3, -0.25) is 0 Å². The summed E-state index contributed by atoms with van der Waals surface area (Å²) in [6.07, 6.45) is 0.694. The SMILES string of the molecule is OCCCn1nnc2cccc(Br)c21. The Hall–Kier alpha value is -0.940. The molecule has 0 unspecified atom stereocenters. The summed E-state index contributed by atoms with van der Waals surface area (Å²) in [6, 6.07) is 5.81. The predicted molar refractivity (Wildman–Crippen MR) is 56.9 cm³/mol. The van der Waals surface area contributed by atoms with Crippen LogP contribution in [0.4, 0.5) is 0 Å². The van der Waals surface area contributed by atoms with Crippen molar-refractivity contribution >= 4 is 27.0 Å². The second-order valence-electron chi connectivity index (χ2n) is 3.00. The van der Waals surface area contributed by atoms with E-state index in [1.807, 2.05) is 18.2 Å². The minimum Gasteiger partial charge on any atom is -0.396 e. The molecule has 1 N–H and O–H groups in total. The maximum atomic E-state index is 8.73. The van der Waals surface area contributed by atoms with Crippen molar-refractivity contribution in [3.8, 4) is 0 Å². The van der Waals surface area contributed by atoms with Gasteiger partial charge in [0.05, 0.1) is 0 Å². The van der Waals surface area contributed by atoms with Gasteiger partial charge in [-0.15, -0.1) is 5.10 Å². The third-order valence-corrected chi connectivity index (χ3v) is 2.65. The molecule has 0 aliphatic heterocycles. The third-order valence-electron chi connectivity index (χ3n) is 2.01. The zero-order valence-electron chi connectivity index (χ0n) is 7.52. The van der Waals surface area contributed by atoms with E-state index < -0.39 is 0 Å². The standard InChI is InChI=1S/C9H10BrN3O/c10-7-3-1-4-8-9(7)13(12-11-8)5-2-6-14/h1,3-4,14H,2,5-6H2. The lowest BCUT2D eigenvalue weighted by Crippen LogP contribution is -2.02. The Kier molecular flexibility index (Phi) is 2.79. The van der Waals surface area contributed by atoms with Gasteiger partial charge in [-0.1, -0.05) is 11.3 Å². The van der Waals surface area contributed by atoms with E-state index >= 15 is 0 Å². The van der Waals surface area contributed by atoms with Crippen LogP contribution in [0.3, 0.4) is 0 Å². The molecule has 1 aromatic heterocycles. The van der Waals surface area contributed by atoms with Gasteiger partial charge in [0.1, 0.15) is 11.0 Å². The van der Waals surface area contributed by atoms with Crippen molar-refractivity contribution in [1.82, 2.24) is 15.0 Å². The minimum absolute atomic E-state index is 0.172. The van der Waals surface area contributed by atoms with Crippen molar-refractivity contribution in [1.29, 1.82) is 0 Å². The molecule has 14 heavy (non-hydrogen) atoms. The summed E-state index contributed by atoms with van der Waals surface area (Å²) in [5.74, 6) is 0. The van der Waals surface area contributed by atoms with Crippen molar-refractivity contribution in [2.45, 2.75) is 13.0 Å². The molecular formula is C9H10BrN3O. The van der Waals surface area contributed by atoms with Gasteiger partial charge in [-0.05, 0) is 34.5 Å². The molecule has 74 valence electrons. The van der Waals surface area contributed by atoms with Gasteiger partial charge >= 0.3 is 0 Å². The van der Waals surface area contributed by atoms with Crippen LogP contribution in [-0.2, 0) is 6.54 Å². The van der Waals surface area contributed by atoms with Crippen molar-refractivity contribution in [2.24, 2.45) is 0 Å². The number of halogens is 1.